The second-order valence-corrected chi connectivity index (χ2v) is 8.94. The van der Waals surface area contributed by atoms with Crippen LogP contribution in [-0.4, -0.2) is 17.0 Å². The summed E-state index contributed by atoms with van der Waals surface area (Å²) in [5.41, 5.74) is 5.01. The molecule has 4 heteroatoms. The summed E-state index contributed by atoms with van der Waals surface area (Å²) in [5, 5.41) is 0. The lowest BCUT2D eigenvalue weighted by molar-refractivity contribution is 0.178. The van der Waals surface area contributed by atoms with Gasteiger partial charge in [-0.1, -0.05) is 97.1 Å². The Morgan fingerprint density at radius 2 is 1.20 bits per heavy atom. The van der Waals surface area contributed by atoms with E-state index in [0.717, 1.165) is 28.3 Å². The van der Waals surface area contributed by atoms with Gasteiger partial charge in [0.25, 0.3) is 0 Å². The van der Waals surface area contributed by atoms with E-state index in [0.29, 0.717) is 5.90 Å². The number of aliphatic imine (C=N–C) groups is 1. The van der Waals surface area contributed by atoms with E-state index >= 15 is 0 Å². The molecule has 0 spiro atoms. The first-order valence-electron chi connectivity index (χ1n) is 12.0. The van der Waals surface area contributed by atoms with Gasteiger partial charge in [0.2, 0.25) is 5.90 Å². The first-order chi connectivity index (χ1) is 17.3. The van der Waals surface area contributed by atoms with Gasteiger partial charge in [-0.25, -0.2) is 9.98 Å². The van der Waals surface area contributed by atoms with Crippen molar-refractivity contribution in [1.82, 2.24) is 4.98 Å². The van der Waals surface area contributed by atoms with E-state index in [-0.39, 0.29) is 24.2 Å². The SMILES string of the molecule is C[C@H]1OC(c2cccc(C3=C[C@@H](c4ccccc4)[C@H](c4ccccc4)O3)n2)=N[C@@H]1c1ccccc1. The Kier molecular flexibility index (Phi) is 5.63. The number of benzene rings is 3. The smallest absolute Gasteiger partial charge is 0.236 e. The van der Waals surface area contributed by atoms with Crippen molar-refractivity contribution in [3.05, 3.63) is 143 Å². The molecule has 0 amide bonds. The molecule has 4 nitrogen and oxygen atoms in total. The van der Waals surface area contributed by atoms with Crippen molar-refractivity contribution in [3.63, 3.8) is 0 Å². The molecule has 0 N–H and O–H groups in total. The topological polar surface area (TPSA) is 43.7 Å². The number of ether oxygens (including phenoxy) is 2. The third-order valence-electron chi connectivity index (χ3n) is 6.58. The zero-order valence-electron chi connectivity index (χ0n) is 19.5. The largest absolute Gasteiger partial charge is 0.483 e. The monoisotopic (exact) mass is 458 g/mol. The van der Waals surface area contributed by atoms with Gasteiger partial charge in [-0.3, -0.25) is 0 Å². The summed E-state index contributed by atoms with van der Waals surface area (Å²) in [6, 6.07) is 37.0. The van der Waals surface area contributed by atoms with Gasteiger partial charge < -0.3 is 9.47 Å². The van der Waals surface area contributed by atoms with Crippen LogP contribution in [0.15, 0.2) is 120 Å². The lowest BCUT2D eigenvalue weighted by Gasteiger charge is -2.20. The molecule has 172 valence electrons. The lowest BCUT2D eigenvalue weighted by Crippen LogP contribution is -2.13. The van der Waals surface area contributed by atoms with Crippen LogP contribution in [0.4, 0.5) is 0 Å². The van der Waals surface area contributed by atoms with E-state index in [1.165, 1.54) is 5.56 Å². The summed E-state index contributed by atoms with van der Waals surface area (Å²) in [4.78, 5) is 9.78. The van der Waals surface area contributed by atoms with Gasteiger partial charge in [-0.15, -0.1) is 0 Å². The Balaban J connectivity index is 1.33. The third kappa shape index (κ3) is 4.24. The van der Waals surface area contributed by atoms with Crippen LogP contribution in [0, 0.1) is 0 Å². The average Bonchev–Trinajstić information content (AvgIpc) is 3.55. The molecule has 0 aliphatic carbocycles. The highest BCUT2D eigenvalue weighted by molar-refractivity contribution is 5.94. The second kappa shape index (κ2) is 9.22. The molecule has 0 saturated carbocycles. The Labute approximate surface area is 205 Å². The quantitative estimate of drug-likeness (QED) is 0.327. The third-order valence-corrected chi connectivity index (χ3v) is 6.58. The minimum absolute atomic E-state index is 0.0384. The molecule has 0 fully saturated rings. The maximum Gasteiger partial charge on any atom is 0.236 e. The zero-order valence-corrected chi connectivity index (χ0v) is 19.5. The maximum absolute atomic E-state index is 6.55. The fraction of sp³-hybridized carbons (Fsp3) is 0.161. The molecule has 3 aromatic carbocycles. The molecule has 2 aliphatic heterocycles. The van der Waals surface area contributed by atoms with Gasteiger partial charge in [-0.2, -0.15) is 0 Å². The molecule has 2 aliphatic rings. The number of nitrogens with zero attached hydrogens (tertiary/aromatic N) is 2. The highest BCUT2D eigenvalue weighted by Crippen LogP contribution is 2.45. The number of pyridine rings is 1. The Morgan fingerprint density at radius 1 is 0.600 bits per heavy atom. The first-order valence-corrected chi connectivity index (χ1v) is 12.0. The highest BCUT2D eigenvalue weighted by Gasteiger charge is 2.34. The van der Waals surface area contributed by atoms with Crippen LogP contribution < -0.4 is 0 Å². The summed E-state index contributed by atoms with van der Waals surface area (Å²) >= 11 is 0. The van der Waals surface area contributed by atoms with Crippen LogP contribution in [0.2, 0.25) is 0 Å². The van der Waals surface area contributed by atoms with Crippen LogP contribution in [0.1, 0.15) is 53.1 Å². The summed E-state index contributed by atoms with van der Waals surface area (Å²) in [7, 11) is 0. The van der Waals surface area contributed by atoms with Crippen LogP contribution in [0.5, 0.6) is 0 Å². The first kappa shape index (κ1) is 21.4. The fourth-order valence-electron chi connectivity index (χ4n) is 4.83. The fourth-order valence-corrected chi connectivity index (χ4v) is 4.83. The molecule has 4 atom stereocenters. The normalized spacial score (nSPS) is 23.2. The van der Waals surface area contributed by atoms with Crippen molar-refractivity contribution >= 4 is 11.7 Å². The highest BCUT2D eigenvalue weighted by atomic mass is 16.5. The molecular formula is C31H26N2O2. The molecule has 0 saturated heterocycles. The summed E-state index contributed by atoms with van der Waals surface area (Å²) in [6.07, 6.45) is 2.03. The molecule has 3 heterocycles. The van der Waals surface area contributed by atoms with E-state index in [9.17, 15) is 0 Å². The van der Waals surface area contributed by atoms with Gasteiger partial charge in [0.05, 0.1) is 0 Å². The minimum atomic E-state index is -0.110. The van der Waals surface area contributed by atoms with Crippen LogP contribution >= 0.6 is 0 Å². The van der Waals surface area contributed by atoms with E-state index in [1.54, 1.807) is 0 Å². The predicted octanol–water partition coefficient (Wildman–Crippen LogP) is 6.88. The molecule has 6 rings (SSSR count). The van der Waals surface area contributed by atoms with Gasteiger partial charge in [0, 0.05) is 5.92 Å². The number of aromatic nitrogens is 1. The van der Waals surface area contributed by atoms with Gasteiger partial charge >= 0.3 is 0 Å². The standard InChI is InChI=1S/C31H26N2O2/c1-21-29(23-14-7-3-8-15-23)33-31(34-21)27-19-11-18-26(32-27)28-20-25(22-12-5-2-6-13-22)30(35-28)24-16-9-4-10-17-24/h2-21,25,29-30H,1H3/t21-,25+,29+,30+/m1/s1. The molecular weight excluding hydrogens is 432 g/mol. The number of rotatable bonds is 5. The van der Waals surface area contributed by atoms with E-state index < -0.39 is 0 Å². The number of hydrogen-bond donors (Lipinski definition) is 0. The van der Waals surface area contributed by atoms with Crippen molar-refractivity contribution in [3.8, 4) is 0 Å². The molecule has 35 heavy (non-hydrogen) atoms. The van der Waals surface area contributed by atoms with Gasteiger partial charge in [0.1, 0.15) is 35.4 Å². The van der Waals surface area contributed by atoms with Gasteiger partial charge in [-0.05, 0) is 41.8 Å². The van der Waals surface area contributed by atoms with Crippen LogP contribution in [-0.2, 0) is 9.47 Å². The van der Waals surface area contributed by atoms with Crippen LogP contribution in [0.3, 0.4) is 0 Å². The van der Waals surface area contributed by atoms with Crippen molar-refractivity contribution in [2.24, 2.45) is 4.99 Å². The van der Waals surface area contributed by atoms with E-state index in [1.807, 2.05) is 48.5 Å². The van der Waals surface area contributed by atoms with Crippen LogP contribution in [0.25, 0.3) is 5.76 Å². The van der Waals surface area contributed by atoms with Crippen molar-refractivity contribution in [1.29, 1.82) is 0 Å². The summed E-state index contributed by atoms with van der Waals surface area (Å²) in [6.45, 7) is 2.05. The zero-order chi connectivity index (χ0) is 23.6. The number of hydrogen-bond acceptors (Lipinski definition) is 4. The minimum Gasteiger partial charge on any atom is -0.483 e. The lowest BCUT2D eigenvalue weighted by atomic mass is 9.90. The summed E-state index contributed by atoms with van der Waals surface area (Å²) in [5.74, 6) is 1.45. The molecule has 0 bridgehead atoms. The molecule has 4 aromatic rings. The van der Waals surface area contributed by atoms with Crippen molar-refractivity contribution in [2.45, 2.75) is 31.1 Å². The molecule has 1 aromatic heterocycles. The second-order valence-electron chi connectivity index (χ2n) is 8.94. The molecule has 0 radical (unpaired) electrons. The van der Waals surface area contributed by atoms with Gasteiger partial charge in [0.15, 0.2) is 0 Å². The van der Waals surface area contributed by atoms with Crippen molar-refractivity contribution < 1.29 is 9.47 Å². The van der Waals surface area contributed by atoms with E-state index in [2.05, 4.69) is 73.7 Å². The Morgan fingerprint density at radius 3 is 1.89 bits per heavy atom. The van der Waals surface area contributed by atoms with E-state index in [4.69, 9.17) is 19.5 Å². The summed E-state index contributed by atoms with van der Waals surface area (Å²) < 4.78 is 12.7. The maximum atomic E-state index is 6.55. The average molecular weight is 459 g/mol. The predicted molar refractivity (Wildman–Crippen MR) is 138 cm³/mol. The van der Waals surface area contributed by atoms with Crippen molar-refractivity contribution in [2.75, 3.05) is 0 Å². The Hall–Kier alpha value is -4.18. The molecule has 0 unspecified atom stereocenters. The Bertz CT molecular complexity index is 1370.